The minimum Gasteiger partial charge on any atom is -0.324 e. The fourth-order valence-corrected chi connectivity index (χ4v) is 5.90. The number of nitrogens with two attached hydrogens (primary N) is 1. The minimum atomic E-state index is 0.398. The number of hydrogen-bond acceptors (Lipinski definition) is 1. The Hall–Kier alpha value is -0.300. The molecule has 0 radical (unpaired) electrons. The molecule has 18 heavy (non-hydrogen) atoms. The second-order valence-corrected chi connectivity index (χ2v) is 7.61. The Morgan fingerprint density at radius 2 is 1.72 bits per heavy atom. The zero-order chi connectivity index (χ0) is 12.1. The van der Waals surface area contributed by atoms with Crippen LogP contribution in [0.1, 0.15) is 57.8 Å². The molecule has 2 N–H and O–H groups in total. The third-order valence-corrected chi connectivity index (χ3v) is 6.50. The van der Waals surface area contributed by atoms with Crippen LogP contribution in [0.25, 0.3) is 0 Å². The highest BCUT2D eigenvalue weighted by Crippen LogP contribution is 2.57. The predicted molar refractivity (Wildman–Crippen MR) is 75.1 cm³/mol. The molecule has 0 saturated heterocycles. The van der Waals surface area contributed by atoms with Gasteiger partial charge in [-0.05, 0) is 87.4 Å². The first-order chi connectivity index (χ1) is 8.79. The topological polar surface area (TPSA) is 26.0 Å². The van der Waals surface area contributed by atoms with E-state index in [1.54, 1.807) is 37.7 Å². The Morgan fingerprint density at radius 3 is 2.28 bits per heavy atom. The van der Waals surface area contributed by atoms with Gasteiger partial charge in [0.05, 0.1) is 0 Å². The summed E-state index contributed by atoms with van der Waals surface area (Å²) in [6.45, 7) is 0. The van der Waals surface area contributed by atoms with Gasteiger partial charge in [0.15, 0.2) is 0 Å². The van der Waals surface area contributed by atoms with Gasteiger partial charge in [-0.1, -0.05) is 11.6 Å². The van der Waals surface area contributed by atoms with Crippen molar-refractivity contribution in [3.8, 4) is 0 Å². The Kier molecular flexibility index (Phi) is 2.80. The molecule has 0 amide bonds. The fraction of sp³-hybridized carbons (Fsp3) is 0.882. The van der Waals surface area contributed by atoms with Crippen molar-refractivity contribution in [2.24, 2.45) is 35.3 Å². The van der Waals surface area contributed by atoms with Gasteiger partial charge in [-0.25, -0.2) is 0 Å². The molecular formula is C17H27N. The van der Waals surface area contributed by atoms with E-state index in [0.717, 1.165) is 29.6 Å². The van der Waals surface area contributed by atoms with Gasteiger partial charge in [-0.3, -0.25) is 0 Å². The van der Waals surface area contributed by atoms with Gasteiger partial charge >= 0.3 is 0 Å². The Balaban J connectivity index is 1.45. The van der Waals surface area contributed by atoms with Crippen molar-refractivity contribution in [2.75, 3.05) is 0 Å². The summed E-state index contributed by atoms with van der Waals surface area (Å²) >= 11 is 0. The zero-order valence-corrected chi connectivity index (χ0v) is 11.5. The first-order valence-corrected chi connectivity index (χ1v) is 8.24. The summed E-state index contributed by atoms with van der Waals surface area (Å²) in [4.78, 5) is 0. The van der Waals surface area contributed by atoms with Crippen molar-refractivity contribution in [2.45, 2.75) is 63.8 Å². The molecule has 1 atom stereocenters. The van der Waals surface area contributed by atoms with E-state index in [2.05, 4.69) is 6.08 Å². The van der Waals surface area contributed by atoms with Gasteiger partial charge in [-0.15, -0.1) is 0 Å². The molecule has 0 aliphatic heterocycles. The average Bonchev–Trinajstić information content (AvgIpc) is 2.86. The van der Waals surface area contributed by atoms with Crippen LogP contribution in [-0.4, -0.2) is 6.04 Å². The molecule has 5 rings (SSSR count). The molecular weight excluding hydrogens is 218 g/mol. The van der Waals surface area contributed by atoms with Crippen LogP contribution in [0, 0.1) is 29.6 Å². The first-order valence-electron chi connectivity index (χ1n) is 8.24. The van der Waals surface area contributed by atoms with Crippen LogP contribution in [-0.2, 0) is 0 Å². The van der Waals surface area contributed by atoms with Crippen molar-refractivity contribution in [3.63, 3.8) is 0 Å². The summed E-state index contributed by atoms with van der Waals surface area (Å²) < 4.78 is 0. The second-order valence-electron chi connectivity index (χ2n) is 7.61. The fourth-order valence-electron chi connectivity index (χ4n) is 5.90. The molecule has 0 aromatic heterocycles. The first kappa shape index (κ1) is 11.5. The van der Waals surface area contributed by atoms with Crippen LogP contribution in [0.5, 0.6) is 0 Å². The van der Waals surface area contributed by atoms with Crippen molar-refractivity contribution in [1.29, 1.82) is 0 Å². The third-order valence-electron chi connectivity index (χ3n) is 6.50. The van der Waals surface area contributed by atoms with E-state index < -0.39 is 0 Å². The predicted octanol–water partition coefficient (Wildman–Crippen LogP) is 3.89. The van der Waals surface area contributed by atoms with E-state index in [1.165, 1.54) is 25.7 Å². The summed E-state index contributed by atoms with van der Waals surface area (Å²) in [6, 6.07) is 0.398. The maximum Gasteiger partial charge on any atom is 0.0256 e. The lowest BCUT2D eigenvalue weighted by atomic mass is 9.51. The van der Waals surface area contributed by atoms with Crippen LogP contribution >= 0.6 is 0 Å². The van der Waals surface area contributed by atoms with E-state index in [1.807, 2.05) is 0 Å². The lowest BCUT2D eigenvalue weighted by molar-refractivity contribution is -0.0409. The molecule has 4 saturated carbocycles. The SMILES string of the molecule is NC(CC1C2CC3CC(C2)CC1C3)C1=CCCC1. The molecule has 0 spiro atoms. The van der Waals surface area contributed by atoms with Crippen molar-refractivity contribution < 1.29 is 0 Å². The molecule has 5 aliphatic rings. The van der Waals surface area contributed by atoms with Crippen molar-refractivity contribution in [3.05, 3.63) is 11.6 Å². The van der Waals surface area contributed by atoms with E-state index >= 15 is 0 Å². The Morgan fingerprint density at radius 1 is 1.06 bits per heavy atom. The smallest absolute Gasteiger partial charge is 0.0256 e. The zero-order valence-electron chi connectivity index (χ0n) is 11.5. The molecule has 5 aliphatic carbocycles. The molecule has 0 aromatic rings. The molecule has 1 nitrogen and oxygen atoms in total. The normalized spacial score (nSPS) is 47.4. The lowest BCUT2D eigenvalue weighted by Crippen LogP contribution is -2.46. The van der Waals surface area contributed by atoms with Crippen LogP contribution < -0.4 is 5.73 Å². The summed E-state index contributed by atoms with van der Waals surface area (Å²) in [7, 11) is 0. The molecule has 0 heterocycles. The van der Waals surface area contributed by atoms with Gasteiger partial charge in [0.2, 0.25) is 0 Å². The average molecular weight is 245 g/mol. The Labute approximate surface area is 111 Å². The van der Waals surface area contributed by atoms with E-state index in [0.29, 0.717) is 6.04 Å². The Bertz CT molecular complexity index is 329. The monoisotopic (exact) mass is 245 g/mol. The summed E-state index contributed by atoms with van der Waals surface area (Å²) in [5.41, 5.74) is 8.08. The summed E-state index contributed by atoms with van der Waals surface area (Å²) in [5.74, 6) is 5.29. The number of hydrogen-bond donors (Lipinski definition) is 1. The van der Waals surface area contributed by atoms with Crippen LogP contribution in [0.2, 0.25) is 0 Å². The van der Waals surface area contributed by atoms with E-state index in [4.69, 9.17) is 5.73 Å². The van der Waals surface area contributed by atoms with Gasteiger partial charge in [-0.2, -0.15) is 0 Å². The molecule has 100 valence electrons. The highest BCUT2D eigenvalue weighted by Gasteiger charge is 2.48. The minimum absolute atomic E-state index is 0.398. The van der Waals surface area contributed by atoms with Crippen molar-refractivity contribution >= 4 is 0 Å². The van der Waals surface area contributed by atoms with Gasteiger partial charge in [0, 0.05) is 6.04 Å². The third kappa shape index (κ3) is 1.86. The summed E-state index contributed by atoms with van der Waals surface area (Å²) in [5, 5.41) is 0. The maximum atomic E-state index is 6.49. The summed E-state index contributed by atoms with van der Waals surface area (Å²) in [6.07, 6.45) is 15.4. The second kappa shape index (κ2) is 4.37. The molecule has 1 heteroatoms. The maximum absolute atomic E-state index is 6.49. The van der Waals surface area contributed by atoms with Crippen molar-refractivity contribution in [1.82, 2.24) is 0 Å². The molecule has 0 aromatic carbocycles. The largest absolute Gasteiger partial charge is 0.324 e. The van der Waals surface area contributed by atoms with Crippen LogP contribution in [0.3, 0.4) is 0 Å². The molecule has 1 unspecified atom stereocenters. The van der Waals surface area contributed by atoms with Gasteiger partial charge < -0.3 is 5.73 Å². The standard InChI is InChI=1S/C17H27N/c18-17(13-3-1-2-4-13)10-16-14-6-11-5-12(8-14)9-15(16)7-11/h3,11-12,14-17H,1-2,4-10,18H2. The van der Waals surface area contributed by atoms with E-state index in [-0.39, 0.29) is 0 Å². The van der Waals surface area contributed by atoms with Crippen LogP contribution in [0.15, 0.2) is 11.6 Å². The molecule has 4 bridgehead atoms. The van der Waals surface area contributed by atoms with E-state index in [9.17, 15) is 0 Å². The van der Waals surface area contributed by atoms with Gasteiger partial charge in [0.25, 0.3) is 0 Å². The van der Waals surface area contributed by atoms with Gasteiger partial charge in [0.1, 0.15) is 0 Å². The number of rotatable bonds is 3. The molecule has 4 fully saturated rings. The highest BCUT2D eigenvalue weighted by molar-refractivity contribution is 5.15. The quantitative estimate of drug-likeness (QED) is 0.750. The number of allylic oxidation sites excluding steroid dienone is 1. The lowest BCUT2D eigenvalue weighted by Gasteiger charge is -2.55. The highest BCUT2D eigenvalue weighted by atomic mass is 14.7. The van der Waals surface area contributed by atoms with Crippen LogP contribution in [0.4, 0.5) is 0 Å².